The van der Waals surface area contributed by atoms with Crippen LogP contribution in [-0.2, 0) is 11.3 Å². The first-order valence-electron chi connectivity index (χ1n) is 5.70. The fraction of sp³-hybridized carbons (Fsp3) is 0.600. The van der Waals surface area contributed by atoms with Gasteiger partial charge in [-0.15, -0.1) is 0 Å². The minimum Gasteiger partial charge on any atom is -0.394 e. The van der Waals surface area contributed by atoms with Crippen LogP contribution in [0.4, 0.5) is 5.82 Å². The zero-order valence-electron chi connectivity index (χ0n) is 9.81. The number of carbonyl (C=O) groups is 1. The Morgan fingerprint density at radius 2 is 2.50 bits per heavy atom. The molecule has 0 saturated carbocycles. The molecule has 0 aromatic carbocycles. The second-order valence-corrected chi connectivity index (χ2v) is 4.12. The monoisotopic (exact) mass is 250 g/mol. The van der Waals surface area contributed by atoms with Gasteiger partial charge in [0.1, 0.15) is 5.82 Å². The lowest BCUT2D eigenvalue weighted by Crippen LogP contribution is -2.28. The molecule has 96 valence electrons. The predicted molar refractivity (Wildman–Crippen MR) is 63.8 cm³/mol. The predicted octanol–water partition coefficient (Wildman–Crippen LogP) is 0.539. The summed E-state index contributed by atoms with van der Waals surface area (Å²) in [5, 5.41) is 16.5. The Morgan fingerprint density at radius 1 is 1.67 bits per heavy atom. The van der Waals surface area contributed by atoms with Crippen molar-refractivity contribution in [1.29, 1.82) is 0 Å². The maximum atomic E-state index is 11.9. The number of aliphatic hydroxyl groups is 1. The van der Waals surface area contributed by atoms with Crippen molar-refractivity contribution in [2.75, 3.05) is 24.6 Å². The van der Waals surface area contributed by atoms with E-state index < -0.39 is 0 Å². The molecule has 1 N–H and O–H groups in total. The molecule has 1 saturated heterocycles. The van der Waals surface area contributed by atoms with Gasteiger partial charge in [0, 0.05) is 30.5 Å². The number of azide groups is 1. The van der Waals surface area contributed by atoms with E-state index in [1.165, 1.54) is 0 Å². The Kier molecular flexibility index (Phi) is 3.81. The van der Waals surface area contributed by atoms with Gasteiger partial charge in [-0.05, 0) is 11.4 Å². The smallest absolute Gasteiger partial charge is 0.228 e. The molecule has 8 heteroatoms. The number of rotatable bonds is 5. The molecule has 0 radical (unpaired) electrons. The van der Waals surface area contributed by atoms with Gasteiger partial charge in [0.2, 0.25) is 5.91 Å². The third kappa shape index (κ3) is 2.44. The third-order valence-corrected chi connectivity index (χ3v) is 2.89. The van der Waals surface area contributed by atoms with Gasteiger partial charge in [0.25, 0.3) is 0 Å². The molecule has 1 unspecified atom stereocenters. The van der Waals surface area contributed by atoms with Crippen LogP contribution < -0.4 is 4.90 Å². The lowest BCUT2D eigenvalue weighted by molar-refractivity contribution is -0.117. The molecule has 0 spiro atoms. The lowest BCUT2D eigenvalue weighted by atomic mass is 10.1. The summed E-state index contributed by atoms with van der Waals surface area (Å²) in [5.41, 5.74) is 8.27. The minimum atomic E-state index is -0.0289. The normalized spacial score (nSPS) is 19.1. The molecule has 1 fully saturated rings. The lowest BCUT2D eigenvalue weighted by Gasteiger charge is -2.17. The molecular weight excluding hydrogens is 236 g/mol. The highest BCUT2D eigenvalue weighted by Gasteiger charge is 2.31. The molecule has 0 aliphatic carbocycles. The second kappa shape index (κ2) is 5.52. The number of amides is 1. The summed E-state index contributed by atoms with van der Waals surface area (Å²) < 4.78 is 1.59. The Hall–Kier alpha value is -2.05. The fourth-order valence-corrected chi connectivity index (χ4v) is 2.10. The third-order valence-electron chi connectivity index (χ3n) is 2.89. The number of aliphatic hydroxyl groups excluding tert-OH is 1. The molecule has 2 heterocycles. The van der Waals surface area contributed by atoms with E-state index in [0.717, 1.165) is 0 Å². The molecule has 1 aliphatic heterocycles. The van der Waals surface area contributed by atoms with Gasteiger partial charge in [-0.3, -0.25) is 9.69 Å². The minimum absolute atomic E-state index is 0.00664. The van der Waals surface area contributed by atoms with Gasteiger partial charge >= 0.3 is 0 Å². The van der Waals surface area contributed by atoms with Gasteiger partial charge in [-0.1, -0.05) is 5.11 Å². The number of hydrogen-bond acceptors (Lipinski definition) is 4. The maximum Gasteiger partial charge on any atom is 0.228 e. The van der Waals surface area contributed by atoms with Crippen molar-refractivity contribution in [1.82, 2.24) is 9.78 Å². The average molecular weight is 250 g/mol. The maximum absolute atomic E-state index is 11.9. The molecule has 1 atom stereocenters. The summed E-state index contributed by atoms with van der Waals surface area (Å²) in [7, 11) is 0. The average Bonchev–Trinajstić information content (AvgIpc) is 2.93. The van der Waals surface area contributed by atoms with E-state index in [0.29, 0.717) is 31.9 Å². The van der Waals surface area contributed by atoms with Crippen LogP contribution in [0.5, 0.6) is 0 Å². The van der Waals surface area contributed by atoms with Crippen molar-refractivity contribution in [3.8, 4) is 0 Å². The summed E-state index contributed by atoms with van der Waals surface area (Å²) in [4.78, 5) is 16.2. The Labute approximate surface area is 103 Å². The Balaban J connectivity index is 2.11. The van der Waals surface area contributed by atoms with Crippen molar-refractivity contribution >= 4 is 11.7 Å². The number of aromatic nitrogens is 2. The molecule has 8 nitrogen and oxygen atoms in total. The summed E-state index contributed by atoms with van der Waals surface area (Å²) in [5.74, 6) is 0.719. The SMILES string of the molecule is [N-]=[N+]=NCC1CC(=O)N(c2ccnn2CCO)C1. The number of carbonyl (C=O) groups excluding carboxylic acids is 1. The van der Waals surface area contributed by atoms with Crippen molar-refractivity contribution in [2.24, 2.45) is 11.0 Å². The Morgan fingerprint density at radius 3 is 3.22 bits per heavy atom. The van der Waals surface area contributed by atoms with E-state index in [9.17, 15) is 4.79 Å². The number of anilines is 1. The van der Waals surface area contributed by atoms with E-state index in [2.05, 4.69) is 15.1 Å². The highest BCUT2D eigenvalue weighted by atomic mass is 16.3. The van der Waals surface area contributed by atoms with Gasteiger partial charge in [-0.25, -0.2) is 4.68 Å². The van der Waals surface area contributed by atoms with Crippen molar-refractivity contribution in [3.63, 3.8) is 0 Å². The van der Waals surface area contributed by atoms with Crippen LogP contribution in [0, 0.1) is 5.92 Å². The van der Waals surface area contributed by atoms with E-state index in [1.807, 2.05) is 0 Å². The molecule has 2 rings (SSSR count). The van der Waals surface area contributed by atoms with Crippen molar-refractivity contribution < 1.29 is 9.90 Å². The summed E-state index contributed by atoms with van der Waals surface area (Å²) >= 11 is 0. The first-order chi connectivity index (χ1) is 8.76. The zero-order valence-corrected chi connectivity index (χ0v) is 9.81. The van der Waals surface area contributed by atoms with E-state index in [4.69, 9.17) is 10.6 Å². The molecule has 1 aromatic heterocycles. The zero-order chi connectivity index (χ0) is 13.0. The summed E-state index contributed by atoms with van der Waals surface area (Å²) in [6.07, 6.45) is 1.97. The quantitative estimate of drug-likeness (QED) is 0.468. The molecule has 1 aliphatic rings. The summed E-state index contributed by atoms with van der Waals surface area (Å²) in [6.45, 7) is 1.17. The van der Waals surface area contributed by atoms with Crippen LogP contribution in [0.15, 0.2) is 17.4 Å². The van der Waals surface area contributed by atoms with Gasteiger partial charge < -0.3 is 5.11 Å². The van der Waals surface area contributed by atoms with Gasteiger partial charge in [0.05, 0.1) is 19.3 Å². The topological polar surface area (TPSA) is 107 Å². The molecular formula is C10H14N6O2. The first-order valence-corrected chi connectivity index (χ1v) is 5.70. The molecule has 1 amide bonds. The van der Waals surface area contributed by atoms with Crippen LogP contribution in [0.25, 0.3) is 10.4 Å². The first kappa shape index (κ1) is 12.4. The highest BCUT2D eigenvalue weighted by Crippen LogP contribution is 2.24. The van der Waals surface area contributed by atoms with Crippen LogP contribution in [0.2, 0.25) is 0 Å². The fourth-order valence-electron chi connectivity index (χ4n) is 2.10. The van der Waals surface area contributed by atoms with Crippen molar-refractivity contribution in [3.05, 3.63) is 22.7 Å². The number of nitrogens with zero attached hydrogens (tertiary/aromatic N) is 6. The van der Waals surface area contributed by atoms with Crippen LogP contribution in [-0.4, -0.2) is 40.5 Å². The van der Waals surface area contributed by atoms with E-state index in [-0.39, 0.29) is 18.4 Å². The molecule has 0 bridgehead atoms. The highest BCUT2D eigenvalue weighted by molar-refractivity contribution is 5.94. The Bertz CT molecular complexity index is 478. The molecule has 1 aromatic rings. The van der Waals surface area contributed by atoms with Gasteiger partial charge in [-0.2, -0.15) is 5.10 Å². The largest absolute Gasteiger partial charge is 0.394 e. The second-order valence-electron chi connectivity index (χ2n) is 4.12. The van der Waals surface area contributed by atoms with Crippen LogP contribution in [0.3, 0.4) is 0 Å². The summed E-state index contributed by atoms with van der Waals surface area (Å²) in [6, 6.07) is 1.74. The molecule has 18 heavy (non-hydrogen) atoms. The van der Waals surface area contributed by atoms with Crippen LogP contribution in [0.1, 0.15) is 6.42 Å². The van der Waals surface area contributed by atoms with E-state index in [1.54, 1.807) is 21.8 Å². The van der Waals surface area contributed by atoms with Gasteiger partial charge in [0.15, 0.2) is 0 Å². The van der Waals surface area contributed by atoms with E-state index >= 15 is 0 Å². The van der Waals surface area contributed by atoms with Crippen LogP contribution >= 0.6 is 0 Å². The standard InChI is InChI=1S/C10H14N6O2/c11-14-12-6-8-5-10(18)15(7-8)9-1-2-13-16(9)3-4-17/h1-2,8,17H,3-7H2. The number of hydrogen-bond donors (Lipinski definition) is 1. The van der Waals surface area contributed by atoms with Crippen molar-refractivity contribution in [2.45, 2.75) is 13.0 Å².